The number of aromatic nitrogens is 1. The molecule has 0 aliphatic carbocycles. The summed E-state index contributed by atoms with van der Waals surface area (Å²) in [4.78, 5) is 10.0. The Labute approximate surface area is 37.3 Å². The molecule has 5 heteroatoms. The zero-order valence-electron chi connectivity index (χ0n) is 3.12. The van der Waals surface area contributed by atoms with Gasteiger partial charge in [0.05, 0.1) is 4.91 Å². The van der Waals surface area contributed by atoms with Crippen molar-refractivity contribution in [2.75, 3.05) is 0 Å². The average Bonchev–Trinajstić information content (AvgIpc) is 1.58. The highest BCUT2D eigenvalue weighted by molar-refractivity contribution is 4.57. The van der Waals surface area contributed by atoms with Crippen LogP contribution in [0.1, 0.15) is 0 Å². The Morgan fingerprint density at radius 1 is 1.71 bits per heavy atom. The second kappa shape index (κ2) is 1.01. The van der Waals surface area contributed by atoms with Crippen LogP contribution < -0.4 is 5.82 Å². The predicted octanol–water partition coefficient (Wildman–Crippen LogP) is -0.637. The molecule has 0 aliphatic heterocycles. The summed E-state index contributed by atoms with van der Waals surface area (Å²) in [6.07, 6.45) is 1.40. The Morgan fingerprint density at radius 2 is 2.29 bits per heavy atom. The third-order valence-electron chi connectivity index (χ3n) is 0.397. The quantitative estimate of drug-likeness (QED) is 0.434. The van der Waals surface area contributed by atoms with E-state index in [2.05, 4.69) is 9.05 Å². The molecule has 0 aliphatic rings. The summed E-state index contributed by atoms with van der Waals surface area (Å²) in [5.41, 5.74) is 0. The van der Waals surface area contributed by atoms with E-state index in [4.69, 9.17) is 5.26 Å². The Kier molecular flexibility index (Phi) is 0.540. The van der Waals surface area contributed by atoms with Crippen LogP contribution in [0, 0.1) is 11.5 Å². The highest BCUT2D eigenvalue weighted by Crippen LogP contribution is 1.72. The van der Waals surface area contributed by atoms with Gasteiger partial charge in [-0.25, -0.2) is 0 Å². The molecule has 1 heterocycles. The normalized spacial score (nSPS) is 8.43. The summed E-state index contributed by atoms with van der Waals surface area (Å²) >= 11 is 0. The summed E-state index contributed by atoms with van der Waals surface area (Å²) in [6, 6.07) is 0. The second-order valence-corrected chi connectivity index (χ2v) is 0.790. The van der Waals surface area contributed by atoms with Crippen LogP contribution in [0.4, 0.5) is 0 Å². The van der Waals surface area contributed by atoms with Crippen molar-refractivity contribution in [3.05, 3.63) is 10.6 Å². The van der Waals surface area contributed by atoms with Gasteiger partial charge in [-0.05, 0) is 0 Å². The van der Waals surface area contributed by atoms with Crippen molar-refractivity contribution in [2.24, 2.45) is 0 Å². The van der Waals surface area contributed by atoms with Gasteiger partial charge in [0.1, 0.15) is 0 Å². The lowest BCUT2D eigenvalue weighted by molar-refractivity contribution is -0.0369. The minimum Gasteiger partial charge on any atom is -0.258 e. The van der Waals surface area contributed by atoms with Gasteiger partial charge in [-0.2, -0.15) is 10.1 Å². The molecule has 0 spiro atoms. The molecule has 0 saturated carbocycles. The number of hydrogen-bond acceptors (Lipinski definition) is 4. The Balaban J connectivity index is 3.00. The van der Waals surface area contributed by atoms with Crippen molar-refractivity contribution in [2.45, 2.75) is 0 Å². The third kappa shape index (κ3) is 0.408. The van der Waals surface area contributed by atoms with E-state index in [9.17, 15) is 4.79 Å². The molecule has 0 unspecified atom stereocenters. The maximum atomic E-state index is 9.63. The molecule has 0 fully saturated rings. The summed E-state index contributed by atoms with van der Waals surface area (Å²) in [5, 5.41) is 7.78. The summed E-state index contributed by atoms with van der Waals surface area (Å²) < 4.78 is 7.80. The molecule has 0 bridgehead atoms. The first-order valence-corrected chi connectivity index (χ1v) is 1.42. The zero-order chi connectivity index (χ0) is 5.28. The van der Waals surface area contributed by atoms with Crippen molar-refractivity contribution in [1.82, 2.24) is 4.91 Å². The first-order valence-electron chi connectivity index (χ1n) is 1.42. The van der Waals surface area contributed by atoms with Crippen molar-refractivity contribution in [3.63, 3.8) is 0 Å². The standard InChI is InChI=1S/C2N2O3/c3-1-4-6-2(5)7-4. The van der Waals surface area contributed by atoms with Gasteiger partial charge in [-0.1, -0.05) is 0 Å². The first kappa shape index (κ1) is 3.74. The van der Waals surface area contributed by atoms with Crippen LogP contribution in [0.3, 0.4) is 0 Å². The van der Waals surface area contributed by atoms with Crippen LogP contribution in [-0.4, -0.2) is 4.91 Å². The molecule has 0 N–H and O–H groups in total. The molecular formula is C2N2O3. The second-order valence-electron chi connectivity index (χ2n) is 0.790. The summed E-state index contributed by atoms with van der Waals surface area (Å²) in [5.74, 6) is -0.846. The average molecular weight is 100 g/mol. The molecule has 5 nitrogen and oxygen atoms in total. The van der Waals surface area contributed by atoms with Crippen LogP contribution in [0.5, 0.6) is 0 Å². The molecule has 1 aromatic rings. The number of nitriles is 1. The van der Waals surface area contributed by atoms with Gasteiger partial charge in [0, 0.05) is 0 Å². The first-order chi connectivity index (χ1) is 3.33. The van der Waals surface area contributed by atoms with E-state index in [1.807, 2.05) is 0 Å². The highest BCUT2D eigenvalue weighted by atomic mass is 16.8. The van der Waals surface area contributed by atoms with Crippen molar-refractivity contribution < 1.29 is 9.05 Å². The van der Waals surface area contributed by atoms with E-state index in [1.165, 1.54) is 6.19 Å². The van der Waals surface area contributed by atoms with E-state index in [-0.39, 0.29) is 0 Å². The molecule has 0 radical (unpaired) electrons. The predicted molar refractivity (Wildman–Crippen MR) is 16.2 cm³/mol. The molecule has 0 saturated heterocycles. The van der Waals surface area contributed by atoms with E-state index in [1.54, 1.807) is 0 Å². The molecule has 0 amide bonds. The van der Waals surface area contributed by atoms with E-state index in [0.29, 0.717) is 4.91 Å². The Morgan fingerprint density at radius 3 is 2.43 bits per heavy atom. The fourth-order valence-corrected chi connectivity index (χ4v) is 0.183. The molecule has 0 aromatic carbocycles. The number of rotatable bonds is 0. The lowest BCUT2D eigenvalue weighted by Crippen LogP contribution is -2.12. The minimum atomic E-state index is -0.846. The van der Waals surface area contributed by atoms with Gasteiger partial charge in [-0.3, -0.25) is 9.05 Å². The van der Waals surface area contributed by atoms with Crippen LogP contribution >= 0.6 is 0 Å². The molecule has 7 heavy (non-hydrogen) atoms. The minimum absolute atomic E-state index is 0.405. The van der Waals surface area contributed by atoms with Crippen LogP contribution in [-0.2, 0) is 0 Å². The van der Waals surface area contributed by atoms with E-state index < -0.39 is 5.82 Å². The smallest absolute Gasteiger partial charge is 0.258 e. The van der Waals surface area contributed by atoms with Gasteiger partial charge in [-0.15, -0.1) is 0 Å². The van der Waals surface area contributed by atoms with Gasteiger partial charge in [0.25, 0.3) is 6.19 Å². The third-order valence-corrected chi connectivity index (χ3v) is 0.397. The van der Waals surface area contributed by atoms with E-state index >= 15 is 0 Å². The van der Waals surface area contributed by atoms with Crippen molar-refractivity contribution >= 4 is 0 Å². The zero-order valence-corrected chi connectivity index (χ0v) is 3.12. The topological polar surface area (TPSA) is 72.1 Å². The van der Waals surface area contributed by atoms with Gasteiger partial charge >= 0.3 is 5.82 Å². The Bertz CT molecular complexity index is 217. The van der Waals surface area contributed by atoms with Crippen molar-refractivity contribution in [1.29, 1.82) is 5.26 Å². The molecule has 0 atom stereocenters. The number of hydrogen-bond donors (Lipinski definition) is 0. The van der Waals surface area contributed by atoms with Crippen LogP contribution in [0.2, 0.25) is 0 Å². The summed E-state index contributed by atoms with van der Waals surface area (Å²) in [6.45, 7) is 0. The molecule has 36 valence electrons. The van der Waals surface area contributed by atoms with Crippen molar-refractivity contribution in [3.8, 4) is 6.19 Å². The fraction of sp³-hybridized carbons (Fsp3) is 0. The highest BCUT2D eigenvalue weighted by Gasteiger charge is 1.96. The van der Waals surface area contributed by atoms with Crippen LogP contribution in [0.25, 0.3) is 0 Å². The lowest BCUT2D eigenvalue weighted by Gasteiger charge is -1.85. The lowest BCUT2D eigenvalue weighted by atomic mass is 11.4. The molecule has 1 aromatic heterocycles. The SMILES string of the molecule is N#Cn1oc(=O)o1. The van der Waals surface area contributed by atoms with Gasteiger partial charge < -0.3 is 0 Å². The maximum absolute atomic E-state index is 9.63. The monoisotopic (exact) mass is 100.0 g/mol. The van der Waals surface area contributed by atoms with Gasteiger partial charge in [0.2, 0.25) is 0 Å². The summed E-state index contributed by atoms with van der Waals surface area (Å²) in [7, 11) is 0. The number of nitrogens with zero attached hydrogens (tertiary/aromatic N) is 2. The van der Waals surface area contributed by atoms with Gasteiger partial charge in [0.15, 0.2) is 0 Å². The largest absolute Gasteiger partial charge is 0.565 e. The van der Waals surface area contributed by atoms with Crippen LogP contribution in [0.15, 0.2) is 13.8 Å². The molecule has 1 rings (SSSR count). The fourth-order valence-electron chi connectivity index (χ4n) is 0.183. The molecular weight excluding hydrogens is 100 g/mol. The Hall–Kier alpha value is -1.44. The maximum Gasteiger partial charge on any atom is 0.565 e. The van der Waals surface area contributed by atoms with E-state index in [0.717, 1.165) is 0 Å².